The van der Waals surface area contributed by atoms with Gasteiger partial charge >= 0.3 is 0 Å². The maximum atomic E-state index is 5.94. The lowest BCUT2D eigenvalue weighted by Crippen LogP contribution is -2.49. The minimum Gasteiger partial charge on any atom is -0.370 e. The van der Waals surface area contributed by atoms with Gasteiger partial charge in [-0.3, -0.25) is 9.67 Å². The van der Waals surface area contributed by atoms with E-state index in [0.717, 1.165) is 31.2 Å². The van der Waals surface area contributed by atoms with E-state index in [1.54, 1.807) is 11.3 Å². The molecule has 0 saturated carbocycles. The molecule has 3 heterocycles. The number of aryl methyl sites for hydroxylation is 1. The number of ether oxygens (including phenoxy) is 1. The third kappa shape index (κ3) is 5.66. The van der Waals surface area contributed by atoms with Gasteiger partial charge in [0.15, 0.2) is 5.96 Å². The average molecular weight is 504 g/mol. The maximum Gasteiger partial charge on any atom is 0.193 e. The van der Waals surface area contributed by atoms with Crippen LogP contribution in [0.3, 0.4) is 0 Å². The normalized spacial score (nSPS) is 19.1. The van der Waals surface area contributed by atoms with Crippen molar-refractivity contribution < 1.29 is 4.74 Å². The van der Waals surface area contributed by atoms with E-state index in [1.807, 2.05) is 31.2 Å². The molecule has 1 aliphatic heterocycles. The molecule has 0 bridgehead atoms. The largest absolute Gasteiger partial charge is 0.370 e. The smallest absolute Gasteiger partial charge is 0.193 e. The minimum atomic E-state index is 0. The number of aliphatic imine (C=N–C) groups is 1. The van der Waals surface area contributed by atoms with Crippen LogP contribution in [-0.4, -0.2) is 72.9 Å². The summed E-state index contributed by atoms with van der Waals surface area (Å²) in [6.07, 6.45) is 3.92. The highest BCUT2D eigenvalue weighted by Gasteiger charge is 2.26. The van der Waals surface area contributed by atoms with E-state index >= 15 is 0 Å². The fourth-order valence-corrected chi connectivity index (χ4v) is 4.11. The van der Waals surface area contributed by atoms with Gasteiger partial charge in [0.05, 0.1) is 25.4 Å². The van der Waals surface area contributed by atoms with E-state index in [4.69, 9.17) is 4.74 Å². The molecule has 1 aliphatic rings. The Morgan fingerprint density at radius 3 is 2.93 bits per heavy atom. The van der Waals surface area contributed by atoms with E-state index in [-0.39, 0.29) is 30.1 Å². The van der Waals surface area contributed by atoms with E-state index in [0.29, 0.717) is 12.6 Å². The fraction of sp³-hybridized carbons (Fsp3) is 0.556. The monoisotopic (exact) mass is 504 g/mol. The lowest BCUT2D eigenvalue weighted by Gasteiger charge is -2.35. The molecule has 0 spiro atoms. The van der Waals surface area contributed by atoms with Crippen LogP contribution in [0.5, 0.6) is 0 Å². The highest BCUT2D eigenvalue weighted by molar-refractivity contribution is 14.0. The number of nitrogens with zero attached hydrogens (tertiary/aromatic N) is 5. The summed E-state index contributed by atoms with van der Waals surface area (Å²) in [7, 11) is 7.99. The third-order valence-electron chi connectivity index (χ3n) is 4.62. The topological polar surface area (TPSA) is 57.9 Å². The van der Waals surface area contributed by atoms with Gasteiger partial charge in [-0.15, -0.1) is 35.3 Å². The first-order chi connectivity index (χ1) is 12.6. The van der Waals surface area contributed by atoms with Crippen molar-refractivity contribution in [3.8, 4) is 0 Å². The van der Waals surface area contributed by atoms with Gasteiger partial charge in [0.2, 0.25) is 0 Å². The first kappa shape index (κ1) is 22.1. The molecule has 150 valence electrons. The minimum absolute atomic E-state index is 0. The Balaban J connectivity index is 0.00000261. The second-order valence-corrected chi connectivity index (χ2v) is 7.66. The lowest BCUT2D eigenvalue weighted by molar-refractivity contribution is -0.00810. The summed E-state index contributed by atoms with van der Waals surface area (Å²) < 4.78 is 7.75. The van der Waals surface area contributed by atoms with Gasteiger partial charge in [-0.05, 0) is 25.5 Å². The standard InChI is InChI=1S/C18H28N6OS.HI/c1-19-18(20-11-15(22(2)3)17-6-5-9-26-17)24-7-8-25-16(13-24)14-10-21-23(4)12-14;/h5-6,9-10,12,15-16H,7-8,11,13H2,1-4H3,(H,19,20);1H. The van der Waals surface area contributed by atoms with Crippen molar-refractivity contribution in [1.82, 2.24) is 24.9 Å². The van der Waals surface area contributed by atoms with Gasteiger partial charge in [0.1, 0.15) is 6.10 Å². The number of likely N-dealkylation sites (N-methyl/N-ethyl adjacent to an activating group) is 1. The van der Waals surface area contributed by atoms with Crippen molar-refractivity contribution >= 4 is 41.3 Å². The van der Waals surface area contributed by atoms with Crippen LogP contribution in [0, 0.1) is 0 Å². The molecule has 1 N–H and O–H groups in total. The van der Waals surface area contributed by atoms with Crippen molar-refractivity contribution in [2.75, 3.05) is 47.4 Å². The molecule has 7 nitrogen and oxygen atoms in total. The van der Waals surface area contributed by atoms with E-state index in [1.165, 1.54) is 4.88 Å². The van der Waals surface area contributed by atoms with Crippen LogP contribution >= 0.6 is 35.3 Å². The van der Waals surface area contributed by atoms with Gasteiger partial charge in [0.25, 0.3) is 0 Å². The molecule has 0 aromatic carbocycles. The zero-order valence-electron chi connectivity index (χ0n) is 16.3. The SMILES string of the molecule is CN=C(NCC(c1cccs1)N(C)C)N1CCOC(c2cnn(C)c2)C1.I. The third-order valence-corrected chi connectivity index (χ3v) is 5.60. The predicted molar refractivity (Wildman–Crippen MR) is 121 cm³/mol. The van der Waals surface area contributed by atoms with Crippen LogP contribution in [0.15, 0.2) is 34.9 Å². The number of morpholine rings is 1. The molecule has 0 radical (unpaired) electrons. The quantitative estimate of drug-likeness (QED) is 0.385. The molecule has 1 fully saturated rings. The Morgan fingerprint density at radius 2 is 2.33 bits per heavy atom. The summed E-state index contributed by atoms with van der Waals surface area (Å²) in [6.45, 7) is 3.11. The second-order valence-electron chi connectivity index (χ2n) is 6.68. The highest BCUT2D eigenvalue weighted by Crippen LogP contribution is 2.24. The summed E-state index contributed by atoms with van der Waals surface area (Å²) in [5.41, 5.74) is 1.11. The van der Waals surface area contributed by atoms with Crippen LogP contribution < -0.4 is 5.32 Å². The van der Waals surface area contributed by atoms with Gasteiger partial charge in [0, 0.05) is 43.8 Å². The Morgan fingerprint density at radius 1 is 1.52 bits per heavy atom. The van der Waals surface area contributed by atoms with Crippen molar-refractivity contribution in [2.24, 2.45) is 12.0 Å². The predicted octanol–water partition coefficient (Wildman–Crippen LogP) is 2.35. The summed E-state index contributed by atoms with van der Waals surface area (Å²) >= 11 is 1.79. The molecular formula is C18H29IN6OS. The number of hydrogen-bond acceptors (Lipinski definition) is 5. The van der Waals surface area contributed by atoms with Crippen molar-refractivity contribution in [3.05, 3.63) is 40.3 Å². The van der Waals surface area contributed by atoms with Gasteiger partial charge in [-0.2, -0.15) is 5.10 Å². The molecule has 9 heteroatoms. The van der Waals surface area contributed by atoms with E-state index < -0.39 is 0 Å². The maximum absolute atomic E-state index is 5.94. The molecule has 2 aromatic heterocycles. The molecular weight excluding hydrogens is 475 g/mol. The zero-order chi connectivity index (χ0) is 18.5. The van der Waals surface area contributed by atoms with E-state index in [2.05, 4.69) is 56.8 Å². The zero-order valence-corrected chi connectivity index (χ0v) is 19.5. The number of halogens is 1. The number of hydrogen-bond donors (Lipinski definition) is 1. The molecule has 1 saturated heterocycles. The molecule has 2 aromatic rings. The number of rotatable bonds is 5. The molecule has 27 heavy (non-hydrogen) atoms. The van der Waals surface area contributed by atoms with Crippen LogP contribution in [0.4, 0.5) is 0 Å². The van der Waals surface area contributed by atoms with E-state index in [9.17, 15) is 0 Å². The summed E-state index contributed by atoms with van der Waals surface area (Å²) in [5, 5.41) is 9.93. The Kier molecular flexibility index (Phi) is 8.52. The van der Waals surface area contributed by atoms with Crippen molar-refractivity contribution in [3.63, 3.8) is 0 Å². The van der Waals surface area contributed by atoms with Crippen molar-refractivity contribution in [1.29, 1.82) is 0 Å². The Hall–Kier alpha value is -1.17. The molecule has 0 amide bonds. The number of guanidine groups is 1. The summed E-state index contributed by atoms with van der Waals surface area (Å²) in [6, 6.07) is 4.61. The fourth-order valence-electron chi connectivity index (χ4n) is 3.19. The first-order valence-electron chi connectivity index (χ1n) is 8.84. The highest BCUT2D eigenvalue weighted by atomic mass is 127. The number of thiophene rings is 1. The average Bonchev–Trinajstić information content (AvgIpc) is 3.30. The molecule has 2 unspecified atom stereocenters. The van der Waals surface area contributed by atoms with Gasteiger partial charge in [-0.1, -0.05) is 6.07 Å². The number of aromatic nitrogens is 2. The first-order valence-corrected chi connectivity index (χ1v) is 9.72. The van der Waals surface area contributed by atoms with Gasteiger partial charge < -0.3 is 19.9 Å². The van der Waals surface area contributed by atoms with Crippen LogP contribution in [0.1, 0.15) is 22.6 Å². The Labute approximate surface area is 182 Å². The van der Waals surface area contributed by atoms with Crippen LogP contribution in [-0.2, 0) is 11.8 Å². The molecule has 3 rings (SSSR count). The van der Waals surface area contributed by atoms with Crippen molar-refractivity contribution in [2.45, 2.75) is 12.1 Å². The van der Waals surface area contributed by atoms with Gasteiger partial charge in [-0.25, -0.2) is 0 Å². The lowest BCUT2D eigenvalue weighted by atomic mass is 10.1. The summed E-state index contributed by atoms with van der Waals surface area (Å²) in [4.78, 5) is 10.4. The van der Waals surface area contributed by atoms with Crippen LogP contribution in [0.2, 0.25) is 0 Å². The second kappa shape index (κ2) is 10.4. The molecule has 2 atom stereocenters. The molecule has 0 aliphatic carbocycles. The number of nitrogens with one attached hydrogen (secondary N) is 1. The summed E-state index contributed by atoms with van der Waals surface area (Å²) in [5.74, 6) is 0.922. The van der Waals surface area contributed by atoms with Crippen LogP contribution in [0.25, 0.3) is 0 Å². The Bertz CT molecular complexity index is 717.